The molecule has 2 rings (SSSR count). The summed E-state index contributed by atoms with van der Waals surface area (Å²) < 4.78 is 4.65. The molecule has 1 aromatic carbocycles. The van der Waals surface area contributed by atoms with Crippen molar-refractivity contribution in [1.82, 2.24) is 15.2 Å². The minimum Gasteiger partial charge on any atom is -0.369 e. The number of benzene rings is 1. The second kappa shape index (κ2) is 5.14. The molecule has 2 N–H and O–H groups in total. The Balaban J connectivity index is 2.16. The highest BCUT2D eigenvalue weighted by Crippen LogP contribution is 2.14. The van der Waals surface area contributed by atoms with Gasteiger partial charge in [0.15, 0.2) is 0 Å². The molecule has 6 heteroatoms. The van der Waals surface area contributed by atoms with Crippen molar-refractivity contribution >= 4 is 16.9 Å². The van der Waals surface area contributed by atoms with Gasteiger partial charge >= 0.3 is 0 Å². The summed E-state index contributed by atoms with van der Waals surface area (Å²) in [5.74, 6) is -0.326. The number of fused-ring (bicyclic) bond motifs is 1. The third-order valence-electron chi connectivity index (χ3n) is 2.79. The number of aromatic nitrogens is 2. The van der Waals surface area contributed by atoms with E-state index in [1.54, 1.807) is 0 Å². The van der Waals surface area contributed by atoms with Crippen LogP contribution in [-0.2, 0) is 11.3 Å². The van der Waals surface area contributed by atoms with Crippen LogP contribution in [0.4, 0.5) is 0 Å². The fourth-order valence-electron chi connectivity index (χ4n) is 1.78. The van der Waals surface area contributed by atoms with Crippen LogP contribution in [-0.4, -0.2) is 33.7 Å². The molecule has 0 saturated heterocycles. The lowest BCUT2D eigenvalue weighted by atomic mass is 10.1. The van der Waals surface area contributed by atoms with Gasteiger partial charge in [0, 0.05) is 12.6 Å². The lowest BCUT2D eigenvalue weighted by Crippen LogP contribution is -2.37. The molecule has 0 bridgehead atoms. The number of nitrogens with zero attached hydrogens (tertiary/aromatic N) is 3. The zero-order valence-electron chi connectivity index (χ0n) is 10.5. The van der Waals surface area contributed by atoms with Crippen LogP contribution < -0.4 is 5.73 Å². The molecule has 96 valence electrons. The van der Waals surface area contributed by atoms with Crippen molar-refractivity contribution in [1.29, 1.82) is 0 Å². The molecule has 6 nitrogen and oxygen atoms in total. The fourth-order valence-corrected chi connectivity index (χ4v) is 1.78. The van der Waals surface area contributed by atoms with Crippen LogP contribution in [0, 0.1) is 0 Å². The number of carbonyl (C=O) groups is 1. The first-order valence-electron chi connectivity index (χ1n) is 5.80. The first-order valence-corrected chi connectivity index (χ1v) is 5.80. The molecular formula is C12H16N4O2. The average Bonchev–Trinajstić information content (AvgIpc) is 2.74. The normalized spacial score (nSPS) is 11.6. The van der Waals surface area contributed by atoms with E-state index in [0.717, 1.165) is 16.6 Å². The Labute approximate surface area is 105 Å². The minimum absolute atomic E-state index is 0.239. The Bertz CT molecular complexity index is 550. The maximum absolute atomic E-state index is 11.0. The van der Waals surface area contributed by atoms with Crippen LogP contribution >= 0.6 is 0 Å². The van der Waals surface area contributed by atoms with Gasteiger partial charge in [-0.1, -0.05) is 6.07 Å². The van der Waals surface area contributed by atoms with Gasteiger partial charge in [0.2, 0.25) is 5.91 Å². The van der Waals surface area contributed by atoms with Gasteiger partial charge in [-0.25, -0.2) is 4.63 Å². The summed E-state index contributed by atoms with van der Waals surface area (Å²) in [4.78, 5) is 13.0. The van der Waals surface area contributed by atoms with Crippen LogP contribution in [0.15, 0.2) is 22.8 Å². The van der Waals surface area contributed by atoms with E-state index in [0.29, 0.717) is 6.54 Å². The predicted octanol–water partition coefficient (Wildman–Crippen LogP) is 0.918. The predicted molar refractivity (Wildman–Crippen MR) is 66.5 cm³/mol. The summed E-state index contributed by atoms with van der Waals surface area (Å²) in [5.41, 5.74) is 7.73. The van der Waals surface area contributed by atoms with Gasteiger partial charge in [0.25, 0.3) is 0 Å². The first kappa shape index (κ1) is 12.5. The number of amides is 1. The Kier molecular flexibility index (Phi) is 3.57. The molecule has 2 aromatic rings. The number of carbonyl (C=O) groups excluding carboxylic acids is 1. The van der Waals surface area contributed by atoms with Crippen molar-refractivity contribution in [3.05, 3.63) is 23.8 Å². The standard InChI is InChI=1S/C12H16N4O2/c1-8(2)16(7-12(13)17)6-9-3-4-10-11(5-9)15-18-14-10/h3-5,8H,6-7H2,1-2H3,(H2,13,17). The zero-order chi connectivity index (χ0) is 13.1. The summed E-state index contributed by atoms with van der Waals surface area (Å²) in [6.07, 6.45) is 0. The minimum atomic E-state index is -0.326. The molecule has 0 saturated carbocycles. The molecular weight excluding hydrogens is 232 g/mol. The van der Waals surface area contributed by atoms with Gasteiger partial charge in [0.05, 0.1) is 6.54 Å². The molecule has 0 atom stereocenters. The fraction of sp³-hybridized carbons (Fsp3) is 0.417. The second-order valence-corrected chi connectivity index (χ2v) is 4.55. The van der Waals surface area contributed by atoms with Gasteiger partial charge in [-0.3, -0.25) is 9.69 Å². The maximum Gasteiger partial charge on any atom is 0.231 e. The van der Waals surface area contributed by atoms with Crippen LogP contribution in [0.2, 0.25) is 0 Å². The average molecular weight is 248 g/mol. The summed E-state index contributed by atoms with van der Waals surface area (Å²) in [7, 11) is 0. The van der Waals surface area contributed by atoms with E-state index in [-0.39, 0.29) is 18.5 Å². The van der Waals surface area contributed by atoms with Crippen LogP contribution in [0.25, 0.3) is 11.0 Å². The van der Waals surface area contributed by atoms with Gasteiger partial charge in [-0.15, -0.1) is 0 Å². The molecule has 1 amide bonds. The third-order valence-corrected chi connectivity index (χ3v) is 2.79. The van der Waals surface area contributed by atoms with Crippen LogP contribution in [0.3, 0.4) is 0 Å². The molecule has 18 heavy (non-hydrogen) atoms. The number of hydrogen-bond acceptors (Lipinski definition) is 5. The van der Waals surface area contributed by atoms with E-state index in [1.165, 1.54) is 0 Å². The second-order valence-electron chi connectivity index (χ2n) is 4.55. The summed E-state index contributed by atoms with van der Waals surface area (Å²) >= 11 is 0. The molecule has 0 aliphatic rings. The highest BCUT2D eigenvalue weighted by molar-refractivity contribution is 5.76. The van der Waals surface area contributed by atoms with Gasteiger partial charge in [-0.05, 0) is 41.9 Å². The summed E-state index contributed by atoms with van der Waals surface area (Å²) in [6, 6.07) is 5.94. The largest absolute Gasteiger partial charge is 0.369 e. The molecule has 0 unspecified atom stereocenters. The Morgan fingerprint density at radius 2 is 2.11 bits per heavy atom. The monoisotopic (exact) mass is 248 g/mol. The third kappa shape index (κ3) is 2.84. The van der Waals surface area contributed by atoms with E-state index in [4.69, 9.17) is 5.73 Å². The van der Waals surface area contributed by atoms with Crippen molar-refractivity contribution in [2.75, 3.05) is 6.54 Å². The smallest absolute Gasteiger partial charge is 0.231 e. The molecule has 1 aromatic heterocycles. The highest BCUT2D eigenvalue weighted by Gasteiger charge is 2.13. The van der Waals surface area contributed by atoms with E-state index >= 15 is 0 Å². The number of rotatable bonds is 5. The topological polar surface area (TPSA) is 85.2 Å². The zero-order valence-corrected chi connectivity index (χ0v) is 10.5. The highest BCUT2D eigenvalue weighted by atomic mass is 16.6. The molecule has 0 radical (unpaired) electrons. The first-order chi connectivity index (χ1) is 8.56. The van der Waals surface area contributed by atoms with Crippen molar-refractivity contribution in [3.63, 3.8) is 0 Å². The summed E-state index contributed by atoms with van der Waals surface area (Å²) in [5, 5.41) is 7.54. The lowest BCUT2D eigenvalue weighted by Gasteiger charge is -2.24. The summed E-state index contributed by atoms with van der Waals surface area (Å²) in [6.45, 7) is 4.94. The van der Waals surface area contributed by atoms with Gasteiger partial charge < -0.3 is 5.73 Å². The molecule has 0 aliphatic carbocycles. The van der Waals surface area contributed by atoms with Crippen molar-refractivity contribution in [3.8, 4) is 0 Å². The molecule has 0 spiro atoms. The van der Waals surface area contributed by atoms with Gasteiger partial charge in [0.1, 0.15) is 11.0 Å². The Morgan fingerprint density at radius 1 is 1.39 bits per heavy atom. The molecule has 1 heterocycles. The van der Waals surface area contributed by atoms with Crippen molar-refractivity contribution in [2.45, 2.75) is 26.4 Å². The van der Waals surface area contributed by atoms with E-state index < -0.39 is 0 Å². The van der Waals surface area contributed by atoms with Crippen LogP contribution in [0.5, 0.6) is 0 Å². The maximum atomic E-state index is 11.0. The van der Waals surface area contributed by atoms with Gasteiger partial charge in [-0.2, -0.15) is 0 Å². The Hall–Kier alpha value is -1.95. The van der Waals surface area contributed by atoms with Crippen molar-refractivity contribution in [2.24, 2.45) is 5.73 Å². The van der Waals surface area contributed by atoms with E-state index in [1.807, 2.05) is 36.9 Å². The lowest BCUT2D eigenvalue weighted by molar-refractivity contribution is -0.119. The number of primary amides is 1. The van der Waals surface area contributed by atoms with E-state index in [2.05, 4.69) is 14.9 Å². The quantitative estimate of drug-likeness (QED) is 0.850. The van der Waals surface area contributed by atoms with Crippen molar-refractivity contribution < 1.29 is 9.42 Å². The van der Waals surface area contributed by atoms with Crippen LogP contribution in [0.1, 0.15) is 19.4 Å². The SMILES string of the molecule is CC(C)N(CC(N)=O)Cc1ccc2nonc2c1. The molecule has 0 fully saturated rings. The Morgan fingerprint density at radius 3 is 2.78 bits per heavy atom. The number of nitrogens with two attached hydrogens (primary N) is 1. The van der Waals surface area contributed by atoms with E-state index in [9.17, 15) is 4.79 Å². The molecule has 0 aliphatic heterocycles. The number of hydrogen-bond donors (Lipinski definition) is 1.